The number of hydrogen-bond donors (Lipinski definition) is 1. The van der Waals surface area contributed by atoms with E-state index in [4.69, 9.17) is 18.6 Å². The molecule has 0 radical (unpaired) electrons. The Bertz CT molecular complexity index is 1010. The minimum Gasteiger partial charge on any atom is -0.486 e. The highest BCUT2D eigenvalue weighted by atomic mass is 32.2. The summed E-state index contributed by atoms with van der Waals surface area (Å²) in [7, 11) is 0. The second-order valence-electron chi connectivity index (χ2n) is 6.26. The zero-order chi connectivity index (χ0) is 20.1. The number of anilines is 1. The average molecular weight is 413 g/mol. The number of aryl methyl sites for hydroxylation is 1. The van der Waals surface area contributed by atoms with Crippen molar-refractivity contribution < 1.29 is 23.4 Å². The molecule has 9 heteroatoms. The summed E-state index contributed by atoms with van der Waals surface area (Å²) in [6.45, 7) is 3.18. The summed E-state index contributed by atoms with van der Waals surface area (Å²) in [6.07, 6.45) is 0. The van der Waals surface area contributed by atoms with Crippen molar-refractivity contribution in [3.63, 3.8) is 0 Å². The molecule has 2 heterocycles. The van der Waals surface area contributed by atoms with Crippen molar-refractivity contribution in [1.29, 1.82) is 0 Å². The van der Waals surface area contributed by atoms with Crippen molar-refractivity contribution in [3.05, 3.63) is 53.9 Å². The second-order valence-corrected chi connectivity index (χ2v) is 7.19. The van der Waals surface area contributed by atoms with E-state index >= 15 is 0 Å². The minimum absolute atomic E-state index is 0.134. The quantitative estimate of drug-likeness (QED) is 0.589. The Morgan fingerprint density at radius 3 is 2.86 bits per heavy atom. The Balaban J connectivity index is 1.25. The maximum absolute atomic E-state index is 12.2. The molecule has 0 aliphatic carbocycles. The van der Waals surface area contributed by atoms with E-state index < -0.39 is 0 Å². The van der Waals surface area contributed by atoms with Crippen molar-refractivity contribution >= 4 is 23.4 Å². The molecule has 0 atom stereocenters. The van der Waals surface area contributed by atoms with Crippen LogP contribution in [0.1, 0.15) is 11.5 Å². The molecule has 1 aromatic heterocycles. The molecule has 0 saturated heterocycles. The van der Waals surface area contributed by atoms with Gasteiger partial charge in [0, 0.05) is 11.8 Å². The first-order valence-corrected chi connectivity index (χ1v) is 9.98. The van der Waals surface area contributed by atoms with Crippen LogP contribution >= 0.6 is 11.8 Å². The van der Waals surface area contributed by atoms with Gasteiger partial charge >= 0.3 is 0 Å². The maximum Gasteiger partial charge on any atom is 0.277 e. The van der Waals surface area contributed by atoms with Gasteiger partial charge in [0.25, 0.3) is 11.1 Å². The standard InChI is InChI=1S/C20H19N3O5S/c1-13-3-2-4-15(9-13)27-11-19-22-23-20(28-19)29-12-18(24)21-14-5-6-16-17(10-14)26-8-7-25-16/h2-6,9-10H,7-8,11-12H2,1H3,(H,21,24). The molecule has 150 valence electrons. The predicted octanol–water partition coefficient (Wildman–Crippen LogP) is 3.46. The van der Waals surface area contributed by atoms with Gasteiger partial charge in [0.1, 0.15) is 19.0 Å². The van der Waals surface area contributed by atoms with E-state index in [1.165, 1.54) is 0 Å². The third-order valence-electron chi connectivity index (χ3n) is 3.95. The zero-order valence-electron chi connectivity index (χ0n) is 15.7. The molecule has 0 spiro atoms. The number of rotatable bonds is 7. The Hall–Kier alpha value is -3.20. The van der Waals surface area contributed by atoms with Crippen LogP contribution < -0.4 is 19.5 Å². The van der Waals surface area contributed by atoms with E-state index in [2.05, 4.69) is 15.5 Å². The fraction of sp³-hybridized carbons (Fsp3) is 0.250. The number of hydrogen-bond acceptors (Lipinski definition) is 8. The van der Waals surface area contributed by atoms with Gasteiger partial charge in [-0.1, -0.05) is 23.9 Å². The van der Waals surface area contributed by atoms with E-state index in [9.17, 15) is 4.79 Å². The molecule has 4 rings (SSSR count). The SMILES string of the molecule is Cc1cccc(OCc2nnc(SCC(=O)Nc3ccc4c(c3)OCCO4)o2)c1. The van der Waals surface area contributed by atoms with E-state index in [0.717, 1.165) is 23.1 Å². The van der Waals surface area contributed by atoms with Crippen LogP contribution in [0.3, 0.4) is 0 Å². The molecule has 0 saturated carbocycles. The number of nitrogens with zero attached hydrogens (tertiary/aromatic N) is 2. The molecule has 1 N–H and O–H groups in total. The molecule has 0 fully saturated rings. The van der Waals surface area contributed by atoms with Gasteiger partial charge in [0.2, 0.25) is 5.91 Å². The van der Waals surface area contributed by atoms with E-state index in [1.807, 2.05) is 31.2 Å². The minimum atomic E-state index is -0.192. The Morgan fingerprint density at radius 2 is 2.00 bits per heavy atom. The van der Waals surface area contributed by atoms with Crippen LogP contribution in [0.4, 0.5) is 5.69 Å². The van der Waals surface area contributed by atoms with Crippen LogP contribution in [0.15, 0.2) is 52.1 Å². The number of carbonyl (C=O) groups is 1. The number of amides is 1. The summed E-state index contributed by atoms with van der Waals surface area (Å²) >= 11 is 1.16. The highest BCUT2D eigenvalue weighted by Crippen LogP contribution is 2.32. The zero-order valence-corrected chi connectivity index (χ0v) is 16.5. The van der Waals surface area contributed by atoms with Gasteiger partial charge in [-0.3, -0.25) is 4.79 Å². The molecule has 29 heavy (non-hydrogen) atoms. The topological polar surface area (TPSA) is 95.7 Å². The van der Waals surface area contributed by atoms with E-state index in [-0.39, 0.29) is 18.3 Å². The summed E-state index contributed by atoms with van der Waals surface area (Å²) in [6, 6.07) is 13.0. The first kappa shape index (κ1) is 19.1. The normalized spacial score (nSPS) is 12.4. The van der Waals surface area contributed by atoms with Gasteiger partial charge in [0.05, 0.1) is 5.75 Å². The predicted molar refractivity (Wildman–Crippen MR) is 107 cm³/mol. The summed E-state index contributed by atoms with van der Waals surface area (Å²) in [5, 5.41) is 11.0. The van der Waals surface area contributed by atoms with Gasteiger partial charge in [-0.05, 0) is 36.8 Å². The van der Waals surface area contributed by atoms with Gasteiger partial charge < -0.3 is 23.9 Å². The molecule has 1 aliphatic rings. The first-order chi connectivity index (χ1) is 14.2. The first-order valence-electron chi connectivity index (χ1n) is 9.00. The molecule has 0 bridgehead atoms. The molecule has 0 unspecified atom stereocenters. The molecule has 2 aromatic carbocycles. The average Bonchev–Trinajstić information content (AvgIpc) is 3.19. The summed E-state index contributed by atoms with van der Waals surface area (Å²) in [5.41, 5.74) is 1.74. The Labute approximate surface area is 171 Å². The third-order valence-corrected chi connectivity index (χ3v) is 4.77. The van der Waals surface area contributed by atoms with E-state index in [0.29, 0.717) is 41.5 Å². The van der Waals surface area contributed by atoms with Gasteiger partial charge in [-0.2, -0.15) is 0 Å². The Kier molecular flexibility index (Phi) is 5.85. The molecular formula is C20H19N3O5S. The molecular weight excluding hydrogens is 394 g/mol. The van der Waals surface area contributed by atoms with Crippen molar-refractivity contribution in [2.24, 2.45) is 0 Å². The molecule has 3 aromatic rings. The van der Waals surface area contributed by atoms with Gasteiger partial charge in [-0.25, -0.2) is 0 Å². The van der Waals surface area contributed by atoms with E-state index in [1.54, 1.807) is 18.2 Å². The highest BCUT2D eigenvalue weighted by molar-refractivity contribution is 7.99. The van der Waals surface area contributed by atoms with Crippen LogP contribution in [0.5, 0.6) is 17.2 Å². The van der Waals surface area contributed by atoms with Crippen molar-refractivity contribution in [1.82, 2.24) is 10.2 Å². The van der Waals surface area contributed by atoms with Gasteiger partial charge in [-0.15, -0.1) is 10.2 Å². The van der Waals surface area contributed by atoms with Crippen molar-refractivity contribution in [2.75, 3.05) is 24.3 Å². The van der Waals surface area contributed by atoms with Crippen LogP contribution in [0.25, 0.3) is 0 Å². The number of ether oxygens (including phenoxy) is 3. The molecule has 1 amide bonds. The monoisotopic (exact) mass is 413 g/mol. The molecule has 8 nitrogen and oxygen atoms in total. The molecule has 1 aliphatic heterocycles. The highest BCUT2D eigenvalue weighted by Gasteiger charge is 2.14. The summed E-state index contributed by atoms with van der Waals surface area (Å²) in [5.74, 6) is 2.32. The number of benzene rings is 2. The second kappa shape index (κ2) is 8.87. The number of carbonyl (C=O) groups excluding carboxylic acids is 1. The lowest BCUT2D eigenvalue weighted by Gasteiger charge is -2.18. The van der Waals surface area contributed by atoms with Crippen LogP contribution in [-0.4, -0.2) is 35.1 Å². The van der Waals surface area contributed by atoms with Crippen molar-refractivity contribution in [3.8, 4) is 17.2 Å². The summed E-state index contributed by atoms with van der Waals surface area (Å²) in [4.78, 5) is 12.2. The number of thioether (sulfide) groups is 1. The Morgan fingerprint density at radius 1 is 1.14 bits per heavy atom. The lowest BCUT2D eigenvalue weighted by atomic mass is 10.2. The summed E-state index contributed by atoms with van der Waals surface area (Å²) < 4.78 is 22.1. The fourth-order valence-corrected chi connectivity index (χ4v) is 3.23. The number of fused-ring (bicyclic) bond motifs is 1. The fourth-order valence-electron chi connectivity index (χ4n) is 2.65. The number of aromatic nitrogens is 2. The van der Waals surface area contributed by atoms with Gasteiger partial charge in [0.15, 0.2) is 18.1 Å². The maximum atomic E-state index is 12.2. The smallest absolute Gasteiger partial charge is 0.277 e. The third kappa shape index (κ3) is 5.20. The lowest BCUT2D eigenvalue weighted by Crippen LogP contribution is -2.17. The van der Waals surface area contributed by atoms with Crippen molar-refractivity contribution in [2.45, 2.75) is 18.8 Å². The van der Waals surface area contributed by atoms with Crippen LogP contribution in [0, 0.1) is 6.92 Å². The van der Waals surface area contributed by atoms with Crippen LogP contribution in [-0.2, 0) is 11.4 Å². The number of nitrogens with one attached hydrogen (secondary N) is 1. The largest absolute Gasteiger partial charge is 0.486 e. The lowest BCUT2D eigenvalue weighted by molar-refractivity contribution is -0.113. The van der Waals surface area contributed by atoms with Crippen LogP contribution in [0.2, 0.25) is 0 Å².